The van der Waals surface area contributed by atoms with E-state index in [2.05, 4.69) is 50.2 Å². The molecule has 2 rings (SSSR count). The number of rotatable bonds is 16. The van der Waals surface area contributed by atoms with Gasteiger partial charge in [-0.05, 0) is 30.0 Å². The van der Waals surface area contributed by atoms with E-state index >= 15 is 0 Å². The maximum atomic E-state index is 10.5. The van der Waals surface area contributed by atoms with Crippen molar-refractivity contribution in [3.8, 4) is 5.75 Å². The van der Waals surface area contributed by atoms with Crippen molar-refractivity contribution in [3.63, 3.8) is 0 Å². The minimum atomic E-state index is 0.219. The number of hydrogen-bond donors (Lipinski definition) is 1. The summed E-state index contributed by atoms with van der Waals surface area (Å²) in [6, 6.07) is 16.7. The Morgan fingerprint density at radius 1 is 0.667 bits per heavy atom. The zero-order valence-corrected chi connectivity index (χ0v) is 19.5. The lowest BCUT2D eigenvalue weighted by atomic mass is 9.91. The molecular formula is C29H44O. The summed E-state index contributed by atoms with van der Waals surface area (Å²) in [4.78, 5) is 0. The van der Waals surface area contributed by atoms with Crippen LogP contribution in [-0.2, 0) is 6.42 Å². The molecule has 2 aromatic carbocycles. The number of benzene rings is 2. The SMILES string of the molecule is CCCCCCCCCCCCCCCc1ccc(C(C)c2ccccc2)c(O)c1. The van der Waals surface area contributed by atoms with Gasteiger partial charge in [-0.1, -0.05) is 133 Å². The van der Waals surface area contributed by atoms with E-state index in [1.54, 1.807) is 0 Å². The maximum absolute atomic E-state index is 10.5. The van der Waals surface area contributed by atoms with Gasteiger partial charge in [-0.2, -0.15) is 0 Å². The molecule has 0 aromatic heterocycles. The molecule has 2 aromatic rings. The highest BCUT2D eigenvalue weighted by atomic mass is 16.3. The molecule has 1 N–H and O–H groups in total. The van der Waals surface area contributed by atoms with Crippen LogP contribution in [0.3, 0.4) is 0 Å². The summed E-state index contributed by atoms with van der Waals surface area (Å²) in [5.74, 6) is 0.662. The van der Waals surface area contributed by atoms with Crippen molar-refractivity contribution in [2.45, 2.75) is 110 Å². The Labute approximate surface area is 185 Å². The lowest BCUT2D eigenvalue weighted by Gasteiger charge is -2.15. The Bertz CT molecular complexity index is 676. The van der Waals surface area contributed by atoms with Crippen LogP contribution in [0.15, 0.2) is 48.5 Å². The monoisotopic (exact) mass is 408 g/mol. The van der Waals surface area contributed by atoms with Gasteiger partial charge in [-0.3, -0.25) is 0 Å². The number of aryl methyl sites for hydroxylation is 1. The lowest BCUT2D eigenvalue weighted by Crippen LogP contribution is -1.97. The minimum Gasteiger partial charge on any atom is -0.508 e. The number of unbranched alkanes of at least 4 members (excludes halogenated alkanes) is 12. The van der Waals surface area contributed by atoms with Crippen molar-refractivity contribution in [2.75, 3.05) is 0 Å². The van der Waals surface area contributed by atoms with Crippen LogP contribution < -0.4 is 0 Å². The molecular weight excluding hydrogens is 364 g/mol. The first-order valence-corrected chi connectivity index (χ1v) is 12.6. The molecule has 166 valence electrons. The predicted molar refractivity (Wildman–Crippen MR) is 131 cm³/mol. The summed E-state index contributed by atoms with van der Waals surface area (Å²) in [5.41, 5.74) is 3.53. The largest absolute Gasteiger partial charge is 0.508 e. The van der Waals surface area contributed by atoms with Gasteiger partial charge in [0, 0.05) is 11.5 Å². The average molecular weight is 409 g/mol. The van der Waals surface area contributed by atoms with E-state index in [9.17, 15) is 5.11 Å². The molecule has 0 saturated carbocycles. The minimum absolute atomic E-state index is 0.219. The molecule has 0 fully saturated rings. The van der Waals surface area contributed by atoms with Gasteiger partial charge in [0.2, 0.25) is 0 Å². The van der Waals surface area contributed by atoms with E-state index in [0.29, 0.717) is 5.75 Å². The third-order valence-corrected chi connectivity index (χ3v) is 6.43. The van der Waals surface area contributed by atoms with Crippen molar-refractivity contribution < 1.29 is 5.11 Å². The molecule has 0 bridgehead atoms. The summed E-state index contributed by atoms with van der Waals surface area (Å²) in [5, 5.41) is 10.5. The van der Waals surface area contributed by atoms with E-state index in [4.69, 9.17) is 0 Å². The number of phenolic OH excluding ortho intramolecular Hbond substituents is 1. The third-order valence-electron chi connectivity index (χ3n) is 6.43. The van der Waals surface area contributed by atoms with Gasteiger partial charge in [0.15, 0.2) is 0 Å². The van der Waals surface area contributed by atoms with E-state index in [1.807, 2.05) is 12.1 Å². The summed E-state index contributed by atoms with van der Waals surface area (Å²) in [6.45, 7) is 4.45. The zero-order chi connectivity index (χ0) is 21.4. The third kappa shape index (κ3) is 9.37. The molecule has 0 saturated heterocycles. The Morgan fingerprint density at radius 2 is 1.20 bits per heavy atom. The van der Waals surface area contributed by atoms with Gasteiger partial charge in [0.25, 0.3) is 0 Å². The first kappa shape index (κ1) is 24.5. The molecule has 1 atom stereocenters. The van der Waals surface area contributed by atoms with Crippen LogP contribution in [0.25, 0.3) is 0 Å². The molecule has 0 aliphatic carbocycles. The topological polar surface area (TPSA) is 20.2 Å². The molecule has 0 spiro atoms. The molecule has 0 radical (unpaired) electrons. The Morgan fingerprint density at radius 3 is 1.73 bits per heavy atom. The highest BCUT2D eigenvalue weighted by Crippen LogP contribution is 2.31. The lowest BCUT2D eigenvalue weighted by molar-refractivity contribution is 0.465. The fourth-order valence-corrected chi connectivity index (χ4v) is 4.38. The van der Waals surface area contributed by atoms with Crippen LogP contribution in [0.4, 0.5) is 0 Å². The Balaban J connectivity index is 1.55. The van der Waals surface area contributed by atoms with Crippen LogP contribution in [0.2, 0.25) is 0 Å². The van der Waals surface area contributed by atoms with Gasteiger partial charge in [0.05, 0.1) is 0 Å². The van der Waals surface area contributed by atoms with Crippen LogP contribution in [0, 0.1) is 0 Å². The van der Waals surface area contributed by atoms with Gasteiger partial charge in [-0.25, -0.2) is 0 Å². The summed E-state index contributed by atoms with van der Waals surface area (Å²) < 4.78 is 0. The molecule has 1 nitrogen and oxygen atoms in total. The Kier molecular flexibility index (Phi) is 12.3. The van der Waals surface area contributed by atoms with E-state index in [-0.39, 0.29) is 5.92 Å². The summed E-state index contributed by atoms with van der Waals surface area (Å²) >= 11 is 0. The van der Waals surface area contributed by atoms with E-state index in [0.717, 1.165) is 12.0 Å². The predicted octanol–water partition coefficient (Wildman–Crippen LogP) is 9.18. The molecule has 1 heteroatoms. The Hall–Kier alpha value is -1.76. The fourth-order valence-electron chi connectivity index (χ4n) is 4.38. The molecule has 1 unspecified atom stereocenters. The number of phenols is 1. The highest BCUT2D eigenvalue weighted by Gasteiger charge is 2.12. The first-order valence-electron chi connectivity index (χ1n) is 12.6. The normalized spacial score (nSPS) is 12.2. The van der Waals surface area contributed by atoms with Crippen molar-refractivity contribution in [1.29, 1.82) is 0 Å². The molecule has 0 amide bonds. The molecule has 0 aliphatic rings. The van der Waals surface area contributed by atoms with Crippen molar-refractivity contribution >= 4 is 0 Å². The van der Waals surface area contributed by atoms with E-state index < -0.39 is 0 Å². The van der Waals surface area contributed by atoms with E-state index in [1.165, 1.54) is 94.6 Å². The van der Waals surface area contributed by atoms with Crippen molar-refractivity contribution in [1.82, 2.24) is 0 Å². The summed E-state index contributed by atoms with van der Waals surface area (Å²) in [6.07, 6.45) is 19.1. The molecule has 0 aliphatic heterocycles. The first-order chi connectivity index (χ1) is 14.7. The average Bonchev–Trinajstić information content (AvgIpc) is 2.77. The quantitative estimate of drug-likeness (QED) is 0.274. The molecule has 30 heavy (non-hydrogen) atoms. The maximum Gasteiger partial charge on any atom is 0.119 e. The van der Waals surface area contributed by atoms with Crippen LogP contribution >= 0.6 is 0 Å². The second-order valence-electron chi connectivity index (χ2n) is 9.02. The van der Waals surface area contributed by atoms with Gasteiger partial charge >= 0.3 is 0 Å². The van der Waals surface area contributed by atoms with Crippen LogP contribution in [0.5, 0.6) is 5.75 Å². The van der Waals surface area contributed by atoms with Gasteiger partial charge in [-0.15, -0.1) is 0 Å². The standard InChI is InChI=1S/C29H44O/c1-3-4-5-6-7-8-9-10-11-12-13-14-16-19-26-22-23-28(29(30)24-26)25(2)27-20-17-15-18-21-27/h15,17-18,20-25,30H,3-14,16,19H2,1-2H3. The zero-order valence-electron chi connectivity index (χ0n) is 19.5. The molecule has 0 heterocycles. The van der Waals surface area contributed by atoms with Crippen molar-refractivity contribution in [3.05, 3.63) is 65.2 Å². The highest BCUT2D eigenvalue weighted by molar-refractivity contribution is 5.43. The van der Waals surface area contributed by atoms with Crippen molar-refractivity contribution in [2.24, 2.45) is 0 Å². The number of hydrogen-bond acceptors (Lipinski definition) is 1. The second kappa shape index (κ2) is 15.1. The second-order valence-corrected chi connectivity index (χ2v) is 9.02. The van der Waals surface area contributed by atoms with Gasteiger partial charge < -0.3 is 5.11 Å². The summed E-state index contributed by atoms with van der Waals surface area (Å²) in [7, 11) is 0. The van der Waals surface area contributed by atoms with Crippen LogP contribution in [0.1, 0.15) is 120 Å². The fraction of sp³-hybridized carbons (Fsp3) is 0.586. The smallest absolute Gasteiger partial charge is 0.119 e. The van der Waals surface area contributed by atoms with Crippen LogP contribution in [-0.4, -0.2) is 5.11 Å². The van der Waals surface area contributed by atoms with Gasteiger partial charge in [0.1, 0.15) is 5.75 Å². The number of aromatic hydroxyl groups is 1.